The Labute approximate surface area is 65.5 Å². The zero-order valence-corrected chi connectivity index (χ0v) is 6.46. The van der Waals surface area contributed by atoms with Gasteiger partial charge in [0.2, 0.25) is 11.8 Å². The molecular weight excluding hydrogens is 142 g/mol. The highest BCUT2D eigenvalue weighted by Gasteiger charge is 2.28. The Morgan fingerprint density at radius 1 is 1.64 bits per heavy atom. The summed E-state index contributed by atoms with van der Waals surface area (Å²) in [6, 6.07) is 0. The van der Waals surface area contributed by atoms with Gasteiger partial charge in [-0.15, -0.1) is 0 Å². The van der Waals surface area contributed by atoms with E-state index in [4.69, 9.17) is 0 Å². The third kappa shape index (κ3) is 1.90. The lowest BCUT2D eigenvalue weighted by Crippen LogP contribution is -2.21. The van der Waals surface area contributed by atoms with Gasteiger partial charge in [0.25, 0.3) is 0 Å². The van der Waals surface area contributed by atoms with Crippen molar-refractivity contribution in [2.75, 3.05) is 0 Å². The van der Waals surface area contributed by atoms with Crippen LogP contribution < -0.4 is 5.32 Å². The zero-order valence-electron chi connectivity index (χ0n) is 6.46. The summed E-state index contributed by atoms with van der Waals surface area (Å²) in [5.74, 6) is -0.406. The number of allylic oxidation sites excluding steroid dienone is 2. The van der Waals surface area contributed by atoms with E-state index >= 15 is 0 Å². The first-order valence-electron chi connectivity index (χ1n) is 3.69. The second-order valence-electron chi connectivity index (χ2n) is 2.62. The molecule has 0 aromatic heterocycles. The highest BCUT2D eigenvalue weighted by atomic mass is 16.2. The second kappa shape index (κ2) is 3.32. The minimum atomic E-state index is -0.149. The van der Waals surface area contributed by atoms with Gasteiger partial charge in [-0.25, -0.2) is 0 Å². The highest BCUT2D eigenvalue weighted by molar-refractivity contribution is 6.03. The van der Waals surface area contributed by atoms with E-state index in [1.54, 1.807) is 0 Å². The van der Waals surface area contributed by atoms with Crippen molar-refractivity contribution in [3.05, 3.63) is 12.2 Å². The molecule has 0 bridgehead atoms. The Morgan fingerprint density at radius 2 is 2.36 bits per heavy atom. The number of amides is 2. The molecule has 1 N–H and O–H groups in total. The molecule has 0 radical (unpaired) electrons. The molecule has 2 amide bonds. The lowest BCUT2D eigenvalue weighted by molar-refractivity contribution is -0.125. The fraction of sp³-hybridized carbons (Fsp3) is 0.500. The first-order chi connectivity index (χ1) is 5.24. The zero-order chi connectivity index (χ0) is 8.27. The Morgan fingerprint density at radius 3 is 2.82 bits per heavy atom. The van der Waals surface area contributed by atoms with Gasteiger partial charge >= 0.3 is 0 Å². The largest absolute Gasteiger partial charge is 0.296 e. The molecule has 1 aliphatic heterocycles. The Hall–Kier alpha value is -1.12. The fourth-order valence-corrected chi connectivity index (χ4v) is 1.10. The normalized spacial score (nSPS) is 24.6. The van der Waals surface area contributed by atoms with Crippen LogP contribution >= 0.6 is 0 Å². The van der Waals surface area contributed by atoms with Crippen LogP contribution in [0.25, 0.3) is 0 Å². The number of rotatable bonds is 2. The molecule has 0 aromatic carbocycles. The molecule has 1 unspecified atom stereocenters. The first-order valence-corrected chi connectivity index (χ1v) is 3.69. The summed E-state index contributed by atoms with van der Waals surface area (Å²) in [5.41, 5.74) is 0. The lowest BCUT2D eigenvalue weighted by Gasteiger charge is -1.98. The molecule has 1 heterocycles. The van der Waals surface area contributed by atoms with E-state index in [0.717, 1.165) is 0 Å². The Kier molecular flexibility index (Phi) is 2.41. The molecule has 1 rings (SSSR count). The van der Waals surface area contributed by atoms with Crippen LogP contribution in [-0.4, -0.2) is 11.8 Å². The number of nitrogens with one attached hydrogen (secondary N) is 1. The average molecular weight is 153 g/mol. The minimum Gasteiger partial charge on any atom is -0.296 e. The van der Waals surface area contributed by atoms with Crippen LogP contribution in [0, 0.1) is 5.92 Å². The summed E-state index contributed by atoms with van der Waals surface area (Å²) in [4.78, 5) is 21.6. The molecule has 0 spiro atoms. The van der Waals surface area contributed by atoms with Gasteiger partial charge in [0.1, 0.15) is 0 Å². The molecule has 1 saturated heterocycles. The molecular formula is C8H11NO2. The van der Waals surface area contributed by atoms with Gasteiger partial charge in [0.15, 0.2) is 0 Å². The summed E-state index contributed by atoms with van der Waals surface area (Å²) in [6.07, 6.45) is 4.82. The fourth-order valence-electron chi connectivity index (χ4n) is 1.10. The van der Waals surface area contributed by atoms with E-state index in [-0.39, 0.29) is 17.7 Å². The molecule has 0 saturated carbocycles. The summed E-state index contributed by atoms with van der Waals surface area (Å²) in [7, 11) is 0. The molecule has 3 heteroatoms. The predicted molar refractivity (Wildman–Crippen MR) is 40.7 cm³/mol. The quantitative estimate of drug-likeness (QED) is 0.467. The third-order valence-electron chi connectivity index (χ3n) is 1.72. The SMILES string of the molecule is C/C=C\CC1CC(=O)NC1=O. The van der Waals surface area contributed by atoms with E-state index in [9.17, 15) is 9.59 Å². The first kappa shape index (κ1) is 7.98. The van der Waals surface area contributed by atoms with E-state index in [1.807, 2.05) is 19.1 Å². The van der Waals surface area contributed by atoms with Crippen molar-refractivity contribution >= 4 is 11.8 Å². The van der Waals surface area contributed by atoms with Crippen molar-refractivity contribution in [1.29, 1.82) is 0 Å². The number of hydrogen-bond donors (Lipinski definition) is 1. The summed E-state index contributed by atoms with van der Waals surface area (Å²) in [5, 5.41) is 2.26. The van der Waals surface area contributed by atoms with Crippen molar-refractivity contribution in [2.45, 2.75) is 19.8 Å². The average Bonchev–Trinajstić information content (AvgIpc) is 2.26. The van der Waals surface area contributed by atoms with Gasteiger partial charge in [-0.05, 0) is 13.3 Å². The maximum absolute atomic E-state index is 10.9. The number of hydrogen-bond acceptors (Lipinski definition) is 2. The number of carbonyl (C=O) groups excluding carboxylic acids is 2. The van der Waals surface area contributed by atoms with Crippen LogP contribution in [0.15, 0.2) is 12.2 Å². The highest BCUT2D eigenvalue weighted by Crippen LogP contribution is 2.14. The van der Waals surface area contributed by atoms with Gasteiger partial charge in [0, 0.05) is 6.42 Å². The van der Waals surface area contributed by atoms with E-state index in [1.165, 1.54) is 0 Å². The standard InChI is InChI=1S/C8H11NO2/c1-2-3-4-6-5-7(10)9-8(6)11/h2-3,6H,4-5H2,1H3,(H,9,10,11)/b3-2-. The summed E-state index contributed by atoms with van der Waals surface area (Å²) < 4.78 is 0. The van der Waals surface area contributed by atoms with Crippen LogP contribution in [0.1, 0.15) is 19.8 Å². The van der Waals surface area contributed by atoms with E-state index in [2.05, 4.69) is 5.32 Å². The van der Waals surface area contributed by atoms with E-state index in [0.29, 0.717) is 12.8 Å². The van der Waals surface area contributed by atoms with Crippen molar-refractivity contribution in [1.82, 2.24) is 5.32 Å². The lowest BCUT2D eigenvalue weighted by atomic mass is 10.0. The van der Waals surface area contributed by atoms with Gasteiger partial charge in [0.05, 0.1) is 5.92 Å². The maximum Gasteiger partial charge on any atom is 0.230 e. The summed E-state index contributed by atoms with van der Waals surface area (Å²) >= 11 is 0. The molecule has 1 fully saturated rings. The number of imide groups is 1. The predicted octanol–water partition coefficient (Wildman–Crippen LogP) is 0.615. The minimum absolute atomic E-state index is 0.126. The van der Waals surface area contributed by atoms with Crippen LogP contribution in [0.3, 0.4) is 0 Å². The third-order valence-corrected chi connectivity index (χ3v) is 1.72. The number of carbonyl (C=O) groups is 2. The van der Waals surface area contributed by atoms with Crippen molar-refractivity contribution < 1.29 is 9.59 Å². The van der Waals surface area contributed by atoms with Crippen LogP contribution in [0.5, 0.6) is 0 Å². The Balaban J connectivity index is 2.47. The molecule has 0 aliphatic carbocycles. The molecule has 1 atom stereocenters. The van der Waals surface area contributed by atoms with Gasteiger partial charge in [-0.2, -0.15) is 0 Å². The maximum atomic E-state index is 10.9. The smallest absolute Gasteiger partial charge is 0.230 e. The monoisotopic (exact) mass is 153 g/mol. The van der Waals surface area contributed by atoms with Gasteiger partial charge in [-0.1, -0.05) is 12.2 Å². The van der Waals surface area contributed by atoms with E-state index < -0.39 is 0 Å². The van der Waals surface area contributed by atoms with Crippen molar-refractivity contribution in [2.24, 2.45) is 5.92 Å². The van der Waals surface area contributed by atoms with Crippen molar-refractivity contribution in [3.8, 4) is 0 Å². The van der Waals surface area contributed by atoms with Gasteiger partial charge in [-0.3, -0.25) is 14.9 Å². The molecule has 11 heavy (non-hydrogen) atoms. The topological polar surface area (TPSA) is 46.2 Å². The van der Waals surface area contributed by atoms with Crippen LogP contribution in [-0.2, 0) is 9.59 Å². The van der Waals surface area contributed by atoms with Gasteiger partial charge < -0.3 is 0 Å². The Bertz CT molecular complexity index is 208. The van der Waals surface area contributed by atoms with Crippen molar-refractivity contribution in [3.63, 3.8) is 0 Å². The summed E-state index contributed by atoms with van der Waals surface area (Å²) in [6.45, 7) is 1.90. The van der Waals surface area contributed by atoms with Crippen LogP contribution in [0.4, 0.5) is 0 Å². The second-order valence-corrected chi connectivity index (χ2v) is 2.62. The molecule has 3 nitrogen and oxygen atoms in total. The molecule has 60 valence electrons. The molecule has 0 aromatic rings. The van der Waals surface area contributed by atoms with Crippen LogP contribution in [0.2, 0.25) is 0 Å². The molecule has 1 aliphatic rings.